The molecule has 1 saturated heterocycles. The molecule has 0 spiro atoms. The number of piperazine rings is 1. The third-order valence-corrected chi connectivity index (χ3v) is 4.58. The minimum atomic E-state index is 0.0955. The Labute approximate surface area is 128 Å². The van der Waals surface area contributed by atoms with Crippen molar-refractivity contribution in [2.75, 3.05) is 57.4 Å². The van der Waals surface area contributed by atoms with Crippen molar-refractivity contribution in [3.05, 3.63) is 17.8 Å². The summed E-state index contributed by atoms with van der Waals surface area (Å²) in [6.45, 7) is 6.11. The Balaban J connectivity index is 1.55. The van der Waals surface area contributed by atoms with Crippen molar-refractivity contribution in [2.45, 2.75) is 0 Å². The first-order valence-corrected chi connectivity index (χ1v) is 8.10. The predicted octanol–water partition coefficient (Wildman–Crippen LogP) is 0.822. The summed E-state index contributed by atoms with van der Waals surface area (Å²) in [6, 6.07) is 2.04. The molecule has 1 aliphatic rings. The molecule has 1 aliphatic heterocycles. The number of aromatic nitrogens is 2. The number of hydrogen-bond acceptors (Lipinski definition) is 7. The molecule has 0 atom stereocenters. The van der Waals surface area contributed by atoms with Crippen LogP contribution in [0.3, 0.4) is 0 Å². The van der Waals surface area contributed by atoms with Gasteiger partial charge in [0.25, 0.3) is 0 Å². The van der Waals surface area contributed by atoms with E-state index in [9.17, 15) is 0 Å². The van der Waals surface area contributed by atoms with Gasteiger partial charge in [0, 0.05) is 32.7 Å². The Hall–Kier alpha value is -1.28. The van der Waals surface area contributed by atoms with Crippen molar-refractivity contribution in [2.24, 2.45) is 0 Å². The molecule has 0 aliphatic carbocycles. The summed E-state index contributed by atoms with van der Waals surface area (Å²) in [5, 5.41) is 10.7. The normalized spacial score (nSPS) is 16.7. The van der Waals surface area contributed by atoms with Crippen LogP contribution in [0.4, 0.5) is 5.82 Å². The van der Waals surface area contributed by atoms with E-state index in [-0.39, 0.29) is 6.61 Å². The van der Waals surface area contributed by atoms with Crippen LogP contribution in [0.15, 0.2) is 17.8 Å². The molecule has 0 saturated carbocycles. The first kappa shape index (κ1) is 14.6. The van der Waals surface area contributed by atoms with Crippen LogP contribution in [0.1, 0.15) is 0 Å². The van der Waals surface area contributed by atoms with Gasteiger partial charge in [0.2, 0.25) is 0 Å². The van der Waals surface area contributed by atoms with E-state index in [2.05, 4.69) is 25.1 Å². The van der Waals surface area contributed by atoms with Crippen LogP contribution in [0, 0.1) is 0 Å². The first-order chi connectivity index (χ1) is 10.4. The Bertz CT molecular complexity index is 569. The zero-order valence-electron chi connectivity index (χ0n) is 11.9. The van der Waals surface area contributed by atoms with Crippen molar-refractivity contribution >= 4 is 27.4 Å². The van der Waals surface area contributed by atoms with Gasteiger partial charge in [-0.05, 0) is 11.4 Å². The van der Waals surface area contributed by atoms with Crippen LogP contribution in [0.25, 0.3) is 10.2 Å². The lowest BCUT2D eigenvalue weighted by molar-refractivity contribution is 0.0724. The van der Waals surface area contributed by atoms with Crippen molar-refractivity contribution in [3.8, 4) is 0 Å². The van der Waals surface area contributed by atoms with Gasteiger partial charge in [-0.25, -0.2) is 9.97 Å². The van der Waals surface area contributed by atoms with Crippen LogP contribution >= 0.6 is 11.3 Å². The van der Waals surface area contributed by atoms with Gasteiger partial charge in [-0.15, -0.1) is 11.3 Å². The highest BCUT2D eigenvalue weighted by molar-refractivity contribution is 7.17. The highest BCUT2D eigenvalue weighted by atomic mass is 32.1. The van der Waals surface area contributed by atoms with Crippen molar-refractivity contribution in [3.63, 3.8) is 0 Å². The van der Waals surface area contributed by atoms with Crippen LogP contribution < -0.4 is 4.90 Å². The summed E-state index contributed by atoms with van der Waals surface area (Å²) in [5.41, 5.74) is 1.03. The molecule has 1 N–H and O–H groups in total. The fourth-order valence-corrected chi connectivity index (χ4v) is 3.41. The molecule has 21 heavy (non-hydrogen) atoms. The number of anilines is 1. The van der Waals surface area contributed by atoms with E-state index in [1.165, 1.54) is 4.70 Å². The lowest BCUT2D eigenvalue weighted by Gasteiger charge is -2.35. The van der Waals surface area contributed by atoms with Gasteiger partial charge in [0.1, 0.15) is 12.1 Å². The lowest BCUT2D eigenvalue weighted by Crippen LogP contribution is -2.47. The minimum Gasteiger partial charge on any atom is -0.394 e. The number of thiophene rings is 1. The molecule has 0 aromatic carbocycles. The Morgan fingerprint density at radius 1 is 1.19 bits per heavy atom. The van der Waals surface area contributed by atoms with Crippen LogP contribution in [0.2, 0.25) is 0 Å². The van der Waals surface area contributed by atoms with E-state index >= 15 is 0 Å². The van der Waals surface area contributed by atoms with E-state index < -0.39 is 0 Å². The predicted molar refractivity (Wildman–Crippen MR) is 84.0 cm³/mol. The Kier molecular flexibility index (Phi) is 4.97. The highest BCUT2D eigenvalue weighted by Gasteiger charge is 2.20. The molecule has 3 rings (SSSR count). The lowest BCUT2D eigenvalue weighted by atomic mass is 10.3. The second-order valence-corrected chi connectivity index (χ2v) is 5.91. The summed E-state index contributed by atoms with van der Waals surface area (Å²) in [5.74, 6) is 1.06. The smallest absolute Gasteiger partial charge is 0.150 e. The average Bonchev–Trinajstić information content (AvgIpc) is 3.01. The van der Waals surface area contributed by atoms with Gasteiger partial charge in [-0.1, -0.05) is 0 Å². The third kappa shape index (κ3) is 3.49. The number of nitrogens with zero attached hydrogens (tertiary/aromatic N) is 4. The van der Waals surface area contributed by atoms with Crippen LogP contribution in [-0.2, 0) is 4.74 Å². The second-order valence-electron chi connectivity index (χ2n) is 5.00. The average molecular weight is 308 g/mol. The van der Waals surface area contributed by atoms with Gasteiger partial charge in [0.05, 0.1) is 30.0 Å². The van der Waals surface area contributed by atoms with Crippen LogP contribution in [-0.4, -0.2) is 72.5 Å². The summed E-state index contributed by atoms with van der Waals surface area (Å²) >= 11 is 1.70. The number of ether oxygens (including phenoxy) is 1. The molecule has 6 nitrogen and oxygen atoms in total. The molecular formula is C14H20N4O2S. The van der Waals surface area contributed by atoms with E-state index in [1.807, 2.05) is 6.07 Å². The molecule has 114 valence electrons. The fraction of sp³-hybridized carbons (Fsp3) is 0.571. The summed E-state index contributed by atoms with van der Waals surface area (Å²) < 4.78 is 6.50. The van der Waals surface area contributed by atoms with E-state index in [1.54, 1.807) is 17.7 Å². The van der Waals surface area contributed by atoms with Gasteiger partial charge >= 0.3 is 0 Å². The molecular weight excluding hydrogens is 288 g/mol. The largest absolute Gasteiger partial charge is 0.394 e. The monoisotopic (exact) mass is 308 g/mol. The number of aliphatic hydroxyl groups is 1. The number of rotatable bonds is 6. The number of hydrogen-bond donors (Lipinski definition) is 1. The Morgan fingerprint density at radius 3 is 2.86 bits per heavy atom. The van der Waals surface area contributed by atoms with E-state index in [0.717, 1.165) is 44.1 Å². The molecule has 2 aromatic rings. The van der Waals surface area contributed by atoms with Gasteiger partial charge in [-0.2, -0.15) is 0 Å². The molecule has 0 bridgehead atoms. The van der Waals surface area contributed by atoms with Crippen LogP contribution in [0.5, 0.6) is 0 Å². The van der Waals surface area contributed by atoms with Gasteiger partial charge in [0.15, 0.2) is 0 Å². The minimum absolute atomic E-state index is 0.0955. The Morgan fingerprint density at radius 2 is 2.05 bits per heavy atom. The second kappa shape index (κ2) is 7.13. The molecule has 0 radical (unpaired) electrons. The molecule has 1 fully saturated rings. The molecule has 7 heteroatoms. The highest BCUT2D eigenvalue weighted by Crippen LogP contribution is 2.28. The fourth-order valence-electron chi connectivity index (χ4n) is 2.54. The number of aliphatic hydroxyl groups excluding tert-OH is 1. The molecule has 2 aromatic heterocycles. The quantitative estimate of drug-likeness (QED) is 0.797. The zero-order chi connectivity index (χ0) is 14.5. The zero-order valence-corrected chi connectivity index (χ0v) is 12.8. The topological polar surface area (TPSA) is 61.7 Å². The maximum absolute atomic E-state index is 8.68. The van der Waals surface area contributed by atoms with E-state index in [4.69, 9.17) is 9.84 Å². The first-order valence-electron chi connectivity index (χ1n) is 7.22. The standard InChI is InChI=1S/C14H20N4O2S/c19-7-9-20-8-6-17-2-4-18(5-3-17)14-13-12(1-10-21-13)15-11-16-14/h1,10-11,19H,2-9H2. The van der Waals surface area contributed by atoms with Crippen molar-refractivity contribution in [1.29, 1.82) is 0 Å². The molecule has 0 unspecified atom stereocenters. The molecule has 0 amide bonds. The molecule has 3 heterocycles. The maximum atomic E-state index is 8.68. The SMILES string of the molecule is OCCOCCN1CCN(c2ncnc3ccsc23)CC1. The summed E-state index contributed by atoms with van der Waals surface area (Å²) in [7, 11) is 0. The van der Waals surface area contributed by atoms with Gasteiger partial charge in [-0.3, -0.25) is 4.90 Å². The van der Waals surface area contributed by atoms with Crippen molar-refractivity contribution in [1.82, 2.24) is 14.9 Å². The number of fused-ring (bicyclic) bond motifs is 1. The van der Waals surface area contributed by atoms with E-state index in [0.29, 0.717) is 13.2 Å². The summed E-state index contributed by atoms with van der Waals surface area (Å²) in [6.07, 6.45) is 1.65. The van der Waals surface area contributed by atoms with Crippen molar-refractivity contribution < 1.29 is 9.84 Å². The summed E-state index contributed by atoms with van der Waals surface area (Å²) in [4.78, 5) is 13.5. The van der Waals surface area contributed by atoms with Gasteiger partial charge < -0.3 is 14.7 Å². The maximum Gasteiger partial charge on any atom is 0.150 e. The third-order valence-electron chi connectivity index (χ3n) is 3.68.